The summed E-state index contributed by atoms with van der Waals surface area (Å²) in [5.74, 6) is -0.197. The first-order chi connectivity index (χ1) is 13.1. The summed E-state index contributed by atoms with van der Waals surface area (Å²) in [7, 11) is 1.62. The van der Waals surface area contributed by atoms with Crippen LogP contribution in [0.15, 0.2) is 66.7 Å². The maximum atomic E-state index is 12.6. The SMILES string of the molecule is CNC(=O)c1ccc(C)cc1C1(O)c2ccccc2CCc2ccccc21. The molecule has 3 aromatic rings. The summed E-state index contributed by atoms with van der Waals surface area (Å²) in [4.78, 5) is 12.6. The summed E-state index contributed by atoms with van der Waals surface area (Å²) >= 11 is 0. The Bertz CT molecular complexity index is 975. The number of hydrogen-bond acceptors (Lipinski definition) is 2. The van der Waals surface area contributed by atoms with Gasteiger partial charge in [0.1, 0.15) is 5.60 Å². The highest BCUT2D eigenvalue weighted by Crippen LogP contribution is 2.44. The summed E-state index contributed by atoms with van der Waals surface area (Å²) < 4.78 is 0. The van der Waals surface area contributed by atoms with E-state index in [1.54, 1.807) is 13.1 Å². The largest absolute Gasteiger partial charge is 0.376 e. The van der Waals surface area contributed by atoms with Crippen molar-refractivity contribution in [2.75, 3.05) is 7.05 Å². The Balaban J connectivity index is 2.11. The Hall–Kier alpha value is -2.91. The van der Waals surface area contributed by atoms with Crippen molar-refractivity contribution in [3.63, 3.8) is 0 Å². The van der Waals surface area contributed by atoms with E-state index in [4.69, 9.17) is 0 Å². The monoisotopic (exact) mass is 357 g/mol. The number of fused-ring (bicyclic) bond motifs is 2. The van der Waals surface area contributed by atoms with Gasteiger partial charge in [0.25, 0.3) is 5.91 Å². The van der Waals surface area contributed by atoms with E-state index < -0.39 is 5.60 Å². The molecule has 136 valence electrons. The molecule has 1 aliphatic rings. The maximum Gasteiger partial charge on any atom is 0.251 e. The van der Waals surface area contributed by atoms with E-state index in [-0.39, 0.29) is 5.91 Å². The Morgan fingerprint density at radius 1 is 0.889 bits per heavy atom. The van der Waals surface area contributed by atoms with Crippen molar-refractivity contribution >= 4 is 5.91 Å². The minimum atomic E-state index is -1.38. The third-order valence-corrected chi connectivity index (χ3v) is 5.51. The molecule has 3 heteroatoms. The molecule has 3 nitrogen and oxygen atoms in total. The Morgan fingerprint density at radius 3 is 2.00 bits per heavy atom. The lowest BCUT2D eigenvalue weighted by Crippen LogP contribution is -2.34. The number of benzene rings is 3. The molecule has 0 fully saturated rings. The quantitative estimate of drug-likeness (QED) is 0.734. The van der Waals surface area contributed by atoms with Gasteiger partial charge in [0.05, 0.1) is 0 Å². The van der Waals surface area contributed by atoms with Gasteiger partial charge in [-0.15, -0.1) is 0 Å². The highest BCUT2D eigenvalue weighted by atomic mass is 16.3. The number of carbonyl (C=O) groups is 1. The van der Waals surface area contributed by atoms with Gasteiger partial charge >= 0.3 is 0 Å². The minimum absolute atomic E-state index is 0.197. The van der Waals surface area contributed by atoms with Crippen LogP contribution < -0.4 is 5.32 Å². The molecular weight excluding hydrogens is 334 g/mol. The summed E-state index contributed by atoms with van der Waals surface area (Å²) in [5.41, 5.74) is 4.68. The van der Waals surface area contributed by atoms with Gasteiger partial charge in [-0.3, -0.25) is 4.79 Å². The van der Waals surface area contributed by atoms with E-state index in [0.29, 0.717) is 11.1 Å². The van der Waals surface area contributed by atoms with Crippen molar-refractivity contribution in [1.29, 1.82) is 0 Å². The second-order valence-corrected chi connectivity index (χ2v) is 7.15. The molecule has 0 heterocycles. The van der Waals surface area contributed by atoms with Crippen LogP contribution in [0.3, 0.4) is 0 Å². The standard InChI is InChI=1S/C24H23NO2/c1-16-11-14-19(23(26)25-2)22(15-16)24(27)20-9-5-3-7-17(20)12-13-18-8-4-6-10-21(18)24/h3-11,14-15,27H,12-13H2,1-2H3,(H,25,26). The molecule has 0 saturated heterocycles. The number of carbonyl (C=O) groups excluding carboxylic acids is 1. The summed E-state index contributed by atoms with van der Waals surface area (Å²) in [6.45, 7) is 1.98. The lowest BCUT2D eigenvalue weighted by atomic mass is 9.76. The third kappa shape index (κ3) is 2.75. The number of amides is 1. The van der Waals surface area contributed by atoms with E-state index in [0.717, 1.165) is 40.7 Å². The molecule has 1 amide bonds. The van der Waals surface area contributed by atoms with Gasteiger partial charge < -0.3 is 10.4 Å². The number of rotatable bonds is 2. The minimum Gasteiger partial charge on any atom is -0.376 e. The summed E-state index contributed by atoms with van der Waals surface area (Å²) in [6.07, 6.45) is 1.72. The molecule has 0 saturated carbocycles. The van der Waals surface area contributed by atoms with Gasteiger partial charge in [0.2, 0.25) is 0 Å². The molecule has 2 N–H and O–H groups in total. The number of aliphatic hydroxyl groups is 1. The fourth-order valence-electron chi connectivity index (χ4n) is 4.18. The first-order valence-corrected chi connectivity index (χ1v) is 9.28. The summed E-state index contributed by atoms with van der Waals surface area (Å²) in [6, 6.07) is 21.7. The zero-order valence-corrected chi connectivity index (χ0v) is 15.6. The van der Waals surface area contributed by atoms with Crippen molar-refractivity contribution in [3.8, 4) is 0 Å². The Labute approximate surface area is 159 Å². The molecule has 0 aromatic heterocycles. The van der Waals surface area contributed by atoms with Crippen LogP contribution in [0.1, 0.15) is 43.7 Å². The maximum absolute atomic E-state index is 12.6. The van der Waals surface area contributed by atoms with Crippen molar-refractivity contribution < 1.29 is 9.90 Å². The van der Waals surface area contributed by atoms with E-state index >= 15 is 0 Å². The van der Waals surface area contributed by atoms with Gasteiger partial charge in [-0.1, -0.05) is 66.2 Å². The number of aryl methyl sites for hydroxylation is 3. The molecule has 3 aromatic carbocycles. The molecule has 0 bridgehead atoms. The fraction of sp³-hybridized carbons (Fsp3) is 0.208. The first-order valence-electron chi connectivity index (χ1n) is 9.28. The lowest BCUT2D eigenvalue weighted by molar-refractivity contribution is 0.0939. The molecule has 0 radical (unpaired) electrons. The molecular formula is C24H23NO2. The van der Waals surface area contributed by atoms with Gasteiger partial charge in [0, 0.05) is 18.2 Å². The van der Waals surface area contributed by atoms with Crippen molar-refractivity contribution in [3.05, 3.63) is 106 Å². The molecule has 27 heavy (non-hydrogen) atoms. The van der Waals surface area contributed by atoms with E-state index in [1.807, 2.05) is 55.5 Å². The predicted octanol–water partition coefficient (Wildman–Crippen LogP) is 3.74. The molecule has 0 unspecified atom stereocenters. The normalized spacial score (nSPS) is 14.6. The second kappa shape index (κ2) is 6.67. The van der Waals surface area contributed by atoms with Crippen LogP contribution in [0.5, 0.6) is 0 Å². The van der Waals surface area contributed by atoms with Gasteiger partial charge in [-0.2, -0.15) is 0 Å². The molecule has 1 aliphatic carbocycles. The van der Waals surface area contributed by atoms with Gasteiger partial charge in [-0.05, 0) is 48.1 Å². The average molecular weight is 357 g/mol. The highest BCUT2D eigenvalue weighted by molar-refractivity contribution is 5.96. The Morgan fingerprint density at radius 2 is 1.44 bits per heavy atom. The van der Waals surface area contributed by atoms with Crippen LogP contribution >= 0.6 is 0 Å². The smallest absolute Gasteiger partial charge is 0.251 e. The highest BCUT2D eigenvalue weighted by Gasteiger charge is 2.41. The van der Waals surface area contributed by atoms with Crippen LogP contribution in [0, 0.1) is 6.92 Å². The fourth-order valence-corrected chi connectivity index (χ4v) is 4.18. The third-order valence-electron chi connectivity index (χ3n) is 5.51. The van der Waals surface area contributed by atoms with Crippen molar-refractivity contribution in [2.45, 2.75) is 25.4 Å². The van der Waals surface area contributed by atoms with Crippen molar-refractivity contribution in [2.24, 2.45) is 0 Å². The van der Waals surface area contributed by atoms with E-state index in [1.165, 1.54) is 0 Å². The lowest BCUT2D eigenvalue weighted by Gasteiger charge is -2.33. The number of nitrogens with one attached hydrogen (secondary N) is 1. The topological polar surface area (TPSA) is 49.3 Å². The van der Waals surface area contributed by atoms with Crippen LogP contribution in [0.2, 0.25) is 0 Å². The zero-order valence-electron chi connectivity index (χ0n) is 15.6. The predicted molar refractivity (Wildman–Crippen MR) is 107 cm³/mol. The van der Waals surface area contributed by atoms with Crippen LogP contribution in [0.4, 0.5) is 0 Å². The Kier molecular flexibility index (Phi) is 4.33. The molecule has 0 atom stereocenters. The van der Waals surface area contributed by atoms with Gasteiger partial charge in [0.15, 0.2) is 0 Å². The molecule has 0 aliphatic heterocycles. The number of hydrogen-bond donors (Lipinski definition) is 2. The van der Waals surface area contributed by atoms with E-state index in [9.17, 15) is 9.90 Å². The zero-order chi connectivity index (χ0) is 19.0. The average Bonchev–Trinajstić information content (AvgIpc) is 2.83. The van der Waals surface area contributed by atoms with Crippen LogP contribution in [0.25, 0.3) is 0 Å². The van der Waals surface area contributed by atoms with Crippen LogP contribution in [-0.2, 0) is 18.4 Å². The van der Waals surface area contributed by atoms with E-state index in [2.05, 4.69) is 17.4 Å². The molecule has 4 rings (SSSR count). The second-order valence-electron chi connectivity index (χ2n) is 7.15. The first kappa shape index (κ1) is 17.5. The van der Waals surface area contributed by atoms with Gasteiger partial charge in [-0.25, -0.2) is 0 Å². The summed E-state index contributed by atoms with van der Waals surface area (Å²) in [5, 5.41) is 15.0. The van der Waals surface area contributed by atoms with Crippen LogP contribution in [-0.4, -0.2) is 18.1 Å². The molecule has 0 spiro atoms. The van der Waals surface area contributed by atoms with Crippen molar-refractivity contribution in [1.82, 2.24) is 5.32 Å².